The summed E-state index contributed by atoms with van der Waals surface area (Å²) in [7, 11) is 3.16. The average Bonchev–Trinajstić information content (AvgIpc) is 2.84. The number of nitrogens with zero attached hydrogens (tertiary/aromatic N) is 5. The Morgan fingerprint density at radius 2 is 1.59 bits per heavy atom. The van der Waals surface area contributed by atoms with E-state index in [0.717, 1.165) is 30.5 Å². The predicted molar refractivity (Wildman–Crippen MR) is 125 cm³/mol. The molecule has 0 aliphatic carbocycles. The minimum atomic E-state index is -0.129. The number of aromatic nitrogens is 2. The molecular weight excluding hydrogens is 408 g/mol. The molecule has 1 N–H and O–H groups in total. The molecule has 2 amide bonds. The van der Waals surface area contributed by atoms with Gasteiger partial charge in [0, 0.05) is 62.8 Å². The van der Waals surface area contributed by atoms with Gasteiger partial charge in [0.1, 0.15) is 5.82 Å². The molecule has 0 saturated carbocycles. The number of hydrogen-bond acceptors (Lipinski definition) is 7. The van der Waals surface area contributed by atoms with E-state index >= 15 is 0 Å². The van der Waals surface area contributed by atoms with Crippen LogP contribution in [0.4, 0.5) is 22.2 Å². The summed E-state index contributed by atoms with van der Waals surface area (Å²) in [6, 6.07) is 7.28. The zero-order valence-corrected chi connectivity index (χ0v) is 19.1. The number of carbonyl (C=O) groups excluding carboxylic acids is 1. The molecule has 172 valence electrons. The summed E-state index contributed by atoms with van der Waals surface area (Å²) < 4.78 is 10.6. The van der Waals surface area contributed by atoms with Crippen LogP contribution in [0.1, 0.15) is 25.0 Å². The molecule has 3 heterocycles. The molecular formula is C23H32N6O3. The first kappa shape index (κ1) is 22.0. The molecule has 0 spiro atoms. The van der Waals surface area contributed by atoms with Gasteiger partial charge in [-0.1, -0.05) is 0 Å². The lowest BCUT2D eigenvalue weighted by Gasteiger charge is -2.35. The van der Waals surface area contributed by atoms with Crippen molar-refractivity contribution in [3.8, 4) is 11.5 Å². The SMILES string of the molecule is COc1ccc(NC(=O)N2CCN(c3nc(C)cc(N4CCCCC4)n3)CC2)cc1OC. The number of aryl methyl sites for hydroxylation is 1. The zero-order valence-electron chi connectivity index (χ0n) is 19.1. The van der Waals surface area contributed by atoms with E-state index in [1.54, 1.807) is 32.4 Å². The molecule has 0 bridgehead atoms. The Hall–Kier alpha value is -3.23. The number of piperazine rings is 1. The molecule has 0 radical (unpaired) electrons. The molecule has 0 atom stereocenters. The smallest absolute Gasteiger partial charge is 0.321 e. The minimum absolute atomic E-state index is 0.129. The summed E-state index contributed by atoms with van der Waals surface area (Å²) >= 11 is 0. The molecule has 4 rings (SSSR count). The van der Waals surface area contributed by atoms with Crippen LogP contribution in [0, 0.1) is 6.92 Å². The highest BCUT2D eigenvalue weighted by molar-refractivity contribution is 5.90. The third-order valence-electron chi connectivity index (χ3n) is 5.99. The van der Waals surface area contributed by atoms with E-state index in [2.05, 4.69) is 26.2 Å². The van der Waals surface area contributed by atoms with E-state index in [-0.39, 0.29) is 6.03 Å². The van der Waals surface area contributed by atoms with Crippen molar-refractivity contribution >= 4 is 23.5 Å². The first-order valence-electron chi connectivity index (χ1n) is 11.2. The first-order valence-corrected chi connectivity index (χ1v) is 11.2. The largest absolute Gasteiger partial charge is 0.493 e. The number of anilines is 3. The van der Waals surface area contributed by atoms with Crippen LogP contribution in [0.25, 0.3) is 0 Å². The number of urea groups is 1. The highest BCUT2D eigenvalue weighted by Crippen LogP contribution is 2.30. The quantitative estimate of drug-likeness (QED) is 0.765. The molecule has 1 aromatic heterocycles. The molecule has 2 saturated heterocycles. The third kappa shape index (κ3) is 4.98. The Morgan fingerprint density at radius 3 is 2.28 bits per heavy atom. The van der Waals surface area contributed by atoms with Gasteiger partial charge in [-0.3, -0.25) is 0 Å². The van der Waals surface area contributed by atoms with E-state index in [1.165, 1.54) is 19.3 Å². The Balaban J connectivity index is 1.37. The van der Waals surface area contributed by atoms with Crippen molar-refractivity contribution in [2.75, 3.05) is 68.6 Å². The number of hydrogen-bond donors (Lipinski definition) is 1. The van der Waals surface area contributed by atoms with Crippen LogP contribution >= 0.6 is 0 Å². The Labute approximate surface area is 189 Å². The highest BCUT2D eigenvalue weighted by atomic mass is 16.5. The Bertz CT molecular complexity index is 939. The van der Waals surface area contributed by atoms with Crippen LogP contribution in [0.3, 0.4) is 0 Å². The number of ether oxygens (including phenoxy) is 2. The van der Waals surface area contributed by atoms with Gasteiger partial charge in [0.15, 0.2) is 11.5 Å². The van der Waals surface area contributed by atoms with Crippen LogP contribution < -0.4 is 24.6 Å². The fourth-order valence-electron chi connectivity index (χ4n) is 4.19. The third-order valence-corrected chi connectivity index (χ3v) is 5.99. The maximum atomic E-state index is 12.8. The van der Waals surface area contributed by atoms with Gasteiger partial charge in [-0.25, -0.2) is 9.78 Å². The summed E-state index contributed by atoms with van der Waals surface area (Å²) in [5.41, 5.74) is 1.65. The number of nitrogens with one attached hydrogen (secondary N) is 1. The standard InChI is InChI=1S/C23H32N6O3/c1-17-15-21(27-9-5-4-6-10-27)26-22(24-17)28-11-13-29(14-12-28)23(30)25-18-7-8-19(31-2)20(16-18)32-3/h7-8,15-16H,4-6,9-14H2,1-3H3,(H,25,30). The fourth-order valence-corrected chi connectivity index (χ4v) is 4.19. The van der Waals surface area contributed by atoms with Crippen LogP contribution in [-0.4, -0.2) is 74.4 Å². The summed E-state index contributed by atoms with van der Waals surface area (Å²) in [5.74, 6) is 2.98. The van der Waals surface area contributed by atoms with Crippen molar-refractivity contribution in [3.63, 3.8) is 0 Å². The molecule has 0 unspecified atom stereocenters. The number of benzene rings is 1. The van der Waals surface area contributed by atoms with Gasteiger partial charge in [0.2, 0.25) is 5.95 Å². The van der Waals surface area contributed by atoms with Gasteiger partial charge in [-0.05, 0) is 38.3 Å². The lowest BCUT2D eigenvalue weighted by Crippen LogP contribution is -2.50. The van der Waals surface area contributed by atoms with E-state index in [9.17, 15) is 4.79 Å². The number of carbonyl (C=O) groups is 1. The molecule has 1 aromatic carbocycles. The van der Waals surface area contributed by atoms with E-state index < -0.39 is 0 Å². The average molecular weight is 441 g/mol. The van der Waals surface area contributed by atoms with E-state index in [1.807, 2.05) is 11.8 Å². The maximum absolute atomic E-state index is 12.8. The Kier molecular flexibility index (Phi) is 6.82. The van der Waals surface area contributed by atoms with Crippen LogP contribution in [0.5, 0.6) is 11.5 Å². The fraction of sp³-hybridized carbons (Fsp3) is 0.522. The molecule has 2 aliphatic rings. The van der Waals surface area contributed by atoms with Gasteiger partial charge in [0.25, 0.3) is 0 Å². The van der Waals surface area contributed by atoms with Crippen LogP contribution in [0.15, 0.2) is 24.3 Å². The topological polar surface area (TPSA) is 83.1 Å². The van der Waals surface area contributed by atoms with Crippen molar-refractivity contribution in [2.24, 2.45) is 0 Å². The van der Waals surface area contributed by atoms with Crippen molar-refractivity contribution in [2.45, 2.75) is 26.2 Å². The van der Waals surface area contributed by atoms with Crippen LogP contribution in [0.2, 0.25) is 0 Å². The second-order valence-corrected chi connectivity index (χ2v) is 8.19. The van der Waals surface area contributed by atoms with Crippen molar-refractivity contribution in [3.05, 3.63) is 30.0 Å². The number of methoxy groups -OCH3 is 2. The summed E-state index contributed by atoms with van der Waals surface area (Å²) in [5, 5.41) is 2.95. The van der Waals surface area contributed by atoms with Gasteiger partial charge in [-0.2, -0.15) is 4.98 Å². The molecule has 9 nitrogen and oxygen atoms in total. The molecule has 32 heavy (non-hydrogen) atoms. The van der Waals surface area contributed by atoms with Crippen molar-refractivity contribution in [1.29, 1.82) is 0 Å². The van der Waals surface area contributed by atoms with E-state index in [4.69, 9.17) is 14.5 Å². The normalized spacial score (nSPS) is 16.7. The van der Waals surface area contributed by atoms with Gasteiger partial charge < -0.3 is 29.5 Å². The highest BCUT2D eigenvalue weighted by Gasteiger charge is 2.24. The molecule has 2 aliphatic heterocycles. The Morgan fingerprint density at radius 1 is 0.875 bits per heavy atom. The van der Waals surface area contributed by atoms with Gasteiger partial charge in [0.05, 0.1) is 14.2 Å². The molecule has 2 fully saturated rings. The number of piperidine rings is 1. The minimum Gasteiger partial charge on any atom is -0.493 e. The lowest BCUT2D eigenvalue weighted by molar-refractivity contribution is 0.208. The van der Waals surface area contributed by atoms with Crippen molar-refractivity contribution in [1.82, 2.24) is 14.9 Å². The van der Waals surface area contributed by atoms with Gasteiger partial charge in [-0.15, -0.1) is 0 Å². The number of rotatable bonds is 5. The van der Waals surface area contributed by atoms with Gasteiger partial charge >= 0.3 is 6.03 Å². The zero-order chi connectivity index (χ0) is 22.5. The number of amides is 2. The first-order chi connectivity index (χ1) is 15.6. The second-order valence-electron chi connectivity index (χ2n) is 8.19. The van der Waals surface area contributed by atoms with E-state index in [0.29, 0.717) is 43.4 Å². The monoisotopic (exact) mass is 440 g/mol. The summed E-state index contributed by atoms with van der Waals surface area (Å²) in [4.78, 5) is 28.6. The second kappa shape index (κ2) is 9.93. The molecule has 2 aromatic rings. The lowest BCUT2D eigenvalue weighted by atomic mass is 10.1. The molecule has 9 heteroatoms. The maximum Gasteiger partial charge on any atom is 0.321 e. The van der Waals surface area contributed by atoms with Crippen LogP contribution in [-0.2, 0) is 0 Å². The van der Waals surface area contributed by atoms with Crippen molar-refractivity contribution < 1.29 is 14.3 Å². The summed E-state index contributed by atoms with van der Waals surface area (Å²) in [6.07, 6.45) is 3.72. The predicted octanol–water partition coefficient (Wildman–Crippen LogP) is 3.15. The summed E-state index contributed by atoms with van der Waals surface area (Å²) in [6.45, 7) is 6.74.